The molecule has 15 heavy (non-hydrogen) atoms. The first-order valence-electron chi connectivity index (χ1n) is 5.04. The van der Waals surface area contributed by atoms with Crippen LogP contribution in [0.1, 0.15) is 19.3 Å². The molecule has 0 bridgehead atoms. The highest BCUT2D eigenvalue weighted by Crippen LogP contribution is 2.08. The molecule has 2 saturated heterocycles. The molecule has 2 atom stereocenters. The smallest absolute Gasteiger partial charge is 0.244 e. The van der Waals surface area contributed by atoms with Crippen molar-refractivity contribution in [3.63, 3.8) is 0 Å². The van der Waals surface area contributed by atoms with E-state index in [9.17, 15) is 14.4 Å². The molecule has 0 aliphatic carbocycles. The molecule has 3 amide bonds. The van der Waals surface area contributed by atoms with Gasteiger partial charge in [0.05, 0.1) is 18.5 Å². The molecule has 2 rings (SSSR count). The van der Waals surface area contributed by atoms with E-state index in [4.69, 9.17) is 0 Å². The summed E-state index contributed by atoms with van der Waals surface area (Å²) in [4.78, 5) is 33.5. The Morgan fingerprint density at radius 2 is 1.93 bits per heavy atom. The first-order chi connectivity index (χ1) is 7.16. The van der Waals surface area contributed by atoms with E-state index >= 15 is 0 Å². The number of imide groups is 1. The fraction of sp³-hybridized carbons (Fsp3) is 0.667. The predicted molar refractivity (Wildman–Crippen MR) is 50.7 cm³/mol. The van der Waals surface area contributed by atoms with Crippen LogP contribution in [0.15, 0.2) is 0 Å². The monoisotopic (exact) mass is 211 g/mol. The zero-order valence-corrected chi connectivity index (χ0v) is 8.21. The Labute approximate surface area is 86.8 Å². The van der Waals surface area contributed by atoms with Crippen LogP contribution in [0.2, 0.25) is 0 Å². The number of hydrogen-bond acceptors (Lipinski definition) is 4. The standard InChI is InChI=1S/C9H13N3O3/c13-7-4-6(9(15)12-7)11-5-2-1-3-10-8(5)14/h5-6,11H,1-4H2,(H,10,14)(H,12,13,15). The number of piperidine rings is 1. The van der Waals surface area contributed by atoms with Gasteiger partial charge in [0.15, 0.2) is 0 Å². The maximum Gasteiger partial charge on any atom is 0.244 e. The molecule has 2 unspecified atom stereocenters. The van der Waals surface area contributed by atoms with Crippen LogP contribution >= 0.6 is 0 Å². The Morgan fingerprint density at radius 1 is 1.13 bits per heavy atom. The molecule has 2 fully saturated rings. The third kappa shape index (κ3) is 2.15. The molecule has 82 valence electrons. The minimum Gasteiger partial charge on any atom is -0.355 e. The van der Waals surface area contributed by atoms with E-state index < -0.39 is 6.04 Å². The maximum atomic E-state index is 11.4. The van der Waals surface area contributed by atoms with Crippen molar-refractivity contribution in [1.29, 1.82) is 0 Å². The highest BCUT2D eigenvalue weighted by molar-refractivity contribution is 6.05. The molecule has 2 aliphatic heterocycles. The van der Waals surface area contributed by atoms with Crippen molar-refractivity contribution in [2.24, 2.45) is 0 Å². The lowest BCUT2D eigenvalue weighted by molar-refractivity contribution is -0.125. The zero-order chi connectivity index (χ0) is 10.8. The van der Waals surface area contributed by atoms with Crippen molar-refractivity contribution in [3.8, 4) is 0 Å². The zero-order valence-electron chi connectivity index (χ0n) is 8.21. The highest BCUT2D eigenvalue weighted by Gasteiger charge is 2.34. The predicted octanol–water partition coefficient (Wildman–Crippen LogP) is -1.73. The van der Waals surface area contributed by atoms with Crippen LogP contribution in [0.4, 0.5) is 0 Å². The Hall–Kier alpha value is -1.43. The second-order valence-corrected chi connectivity index (χ2v) is 3.82. The van der Waals surface area contributed by atoms with Crippen LogP contribution in [-0.4, -0.2) is 36.3 Å². The lowest BCUT2D eigenvalue weighted by Crippen LogP contribution is -2.53. The van der Waals surface area contributed by atoms with Gasteiger partial charge in [0.2, 0.25) is 17.7 Å². The summed E-state index contributed by atoms with van der Waals surface area (Å²) in [5.41, 5.74) is 0. The number of carbonyl (C=O) groups excluding carboxylic acids is 3. The molecule has 0 aromatic carbocycles. The number of carbonyl (C=O) groups is 3. The number of rotatable bonds is 2. The topological polar surface area (TPSA) is 87.3 Å². The van der Waals surface area contributed by atoms with Crippen molar-refractivity contribution in [1.82, 2.24) is 16.0 Å². The number of amides is 3. The molecule has 6 nitrogen and oxygen atoms in total. The molecule has 0 aromatic rings. The summed E-state index contributed by atoms with van der Waals surface area (Å²) in [6.45, 7) is 0.687. The van der Waals surface area contributed by atoms with E-state index in [1.165, 1.54) is 0 Å². The lowest BCUT2D eigenvalue weighted by Gasteiger charge is -2.24. The van der Waals surface area contributed by atoms with Crippen LogP contribution in [0.25, 0.3) is 0 Å². The van der Waals surface area contributed by atoms with Crippen molar-refractivity contribution in [2.75, 3.05) is 6.54 Å². The minimum atomic E-state index is -0.550. The molecular weight excluding hydrogens is 198 g/mol. The summed E-state index contributed by atoms with van der Waals surface area (Å²) >= 11 is 0. The van der Waals surface area contributed by atoms with Gasteiger partial charge in [0.25, 0.3) is 0 Å². The quantitative estimate of drug-likeness (QED) is 0.474. The van der Waals surface area contributed by atoms with Crippen molar-refractivity contribution >= 4 is 17.7 Å². The summed E-state index contributed by atoms with van der Waals surface area (Å²) < 4.78 is 0. The van der Waals surface area contributed by atoms with E-state index in [1.54, 1.807) is 0 Å². The Balaban J connectivity index is 1.93. The number of nitrogens with one attached hydrogen (secondary N) is 3. The molecule has 3 N–H and O–H groups in total. The molecule has 2 heterocycles. The van der Waals surface area contributed by atoms with Crippen molar-refractivity contribution in [3.05, 3.63) is 0 Å². The van der Waals surface area contributed by atoms with E-state index in [2.05, 4.69) is 16.0 Å². The molecule has 0 spiro atoms. The Morgan fingerprint density at radius 3 is 2.53 bits per heavy atom. The largest absolute Gasteiger partial charge is 0.355 e. The van der Waals surface area contributed by atoms with Crippen LogP contribution in [0, 0.1) is 0 Å². The lowest BCUT2D eigenvalue weighted by atomic mass is 10.1. The number of hydrogen-bond donors (Lipinski definition) is 3. The van der Waals surface area contributed by atoms with Gasteiger partial charge in [0.1, 0.15) is 0 Å². The molecular formula is C9H13N3O3. The van der Waals surface area contributed by atoms with Gasteiger partial charge in [0, 0.05) is 6.54 Å². The summed E-state index contributed by atoms with van der Waals surface area (Å²) in [5, 5.41) is 7.82. The summed E-state index contributed by atoms with van der Waals surface area (Å²) in [6, 6.07) is -0.897. The molecule has 0 aromatic heterocycles. The minimum absolute atomic E-state index is 0.0894. The van der Waals surface area contributed by atoms with Gasteiger partial charge in [-0.15, -0.1) is 0 Å². The second kappa shape index (κ2) is 3.98. The van der Waals surface area contributed by atoms with Crippen molar-refractivity contribution < 1.29 is 14.4 Å². The van der Waals surface area contributed by atoms with E-state index in [0.29, 0.717) is 13.0 Å². The van der Waals surface area contributed by atoms with Crippen LogP contribution in [0.5, 0.6) is 0 Å². The fourth-order valence-corrected chi connectivity index (χ4v) is 1.86. The van der Waals surface area contributed by atoms with E-state index in [-0.39, 0.29) is 30.2 Å². The molecule has 0 radical (unpaired) electrons. The SMILES string of the molecule is O=C1CC(NC2CCCNC2=O)C(=O)N1. The van der Waals surface area contributed by atoms with E-state index in [0.717, 1.165) is 6.42 Å². The Kier molecular flexibility index (Phi) is 2.68. The molecule has 6 heteroatoms. The average Bonchev–Trinajstić information content (AvgIpc) is 2.49. The summed E-state index contributed by atoms with van der Waals surface area (Å²) in [5.74, 6) is -0.708. The van der Waals surface area contributed by atoms with Gasteiger partial charge in [-0.25, -0.2) is 0 Å². The Bertz CT molecular complexity index is 316. The normalized spacial score (nSPS) is 31.3. The van der Waals surface area contributed by atoms with Crippen LogP contribution in [0.3, 0.4) is 0 Å². The molecule has 2 aliphatic rings. The van der Waals surface area contributed by atoms with Crippen molar-refractivity contribution in [2.45, 2.75) is 31.3 Å². The first-order valence-corrected chi connectivity index (χ1v) is 5.04. The van der Waals surface area contributed by atoms with Gasteiger partial charge in [-0.1, -0.05) is 0 Å². The van der Waals surface area contributed by atoms with Gasteiger partial charge < -0.3 is 5.32 Å². The third-order valence-corrected chi connectivity index (χ3v) is 2.66. The third-order valence-electron chi connectivity index (χ3n) is 2.66. The summed E-state index contributed by atoms with van der Waals surface area (Å²) in [6.07, 6.45) is 1.73. The van der Waals surface area contributed by atoms with Crippen LogP contribution in [-0.2, 0) is 14.4 Å². The highest BCUT2D eigenvalue weighted by atomic mass is 16.2. The molecule has 0 saturated carbocycles. The average molecular weight is 211 g/mol. The van der Waals surface area contributed by atoms with Gasteiger partial charge in [-0.2, -0.15) is 0 Å². The fourth-order valence-electron chi connectivity index (χ4n) is 1.86. The summed E-state index contributed by atoms with van der Waals surface area (Å²) in [7, 11) is 0. The van der Waals surface area contributed by atoms with E-state index in [1.807, 2.05) is 0 Å². The maximum absolute atomic E-state index is 11.4. The van der Waals surface area contributed by atoms with Crippen LogP contribution < -0.4 is 16.0 Å². The van der Waals surface area contributed by atoms with Gasteiger partial charge in [-0.3, -0.25) is 25.0 Å². The second-order valence-electron chi connectivity index (χ2n) is 3.82. The van der Waals surface area contributed by atoms with Gasteiger partial charge >= 0.3 is 0 Å². The van der Waals surface area contributed by atoms with Gasteiger partial charge in [-0.05, 0) is 12.8 Å². The first kappa shape index (κ1) is 10.1.